The maximum absolute atomic E-state index is 8.74. The van der Waals surface area contributed by atoms with E-state index in [0.29, 0.717) is 13.2 Å². The molecule has 0 aromatic carbocycles. The van der Waals surface area contributed by atoms with Crippen LogP contribution in [-0.4, -0.2) is 42.5 Å². The molecule has 1 aromatic heterocycles. The van der Waals surface area contributed by atoms with Gasteiger partial charge in [-0.2, -0.15) is 0 Å². The van der Waals surface area contributed by atoms with Gasteiger partial charge in [-0.3, -0.25) is 4.98 Å². The molecule has 0 aliphatic carbocycles. The number of ether oxygens (including phenoxy) is 1. The van der Waals surface area contributed by atoms with Crippen LogP contribution in [0.3, 0.4) is 0 Å². The highest BCUT2D eigenvalue weighted by molar-refractivity contribution is 5.51. The van der Waals surface area contributed by atoms with E-state index in [1.54, 1.807) is 6.20 Å². The molecule has 0 radical (unpaired) electrons. The monoisotopic (exact) mass is 251 g/mol. The van der Waals surface area contributed by atoms with Crippen LogP contribution in [0, 0.1) is 0 Å². The fraction of sp³-hybridized carbons (Fsp3) is 0.615. The first-order chi connectivity index (χ1) is 8.85. The molecule has 0 bridgehead atoms. The lowest BCUT2D eigenvalue weighted by Gasteiger charge is -2.34. The highest BCUT2D eigenvalue weighted by atomic mass is 16.5. The minimum Gasteiger partial charge on any atom is -0.394 e. The van der Waals surface area contributed by atoms with Crippen LogP contribution in [0.1, 0.15) is 18.4 Å². The average molecular weight is 251 g/mol. The van der Waals surface area contributed by atoms with E-state index in [1.807, 2.05) is 12.3 Å². The number of nitrogens with zero attached hydrogens (tertiary/aromatic N) is 2. The fourth-order valence-electron chi connectivity index (χ4n) is 2.36. The molecule has 1 aliphatic rings. The second kappa shape index (κ2) is 6.68. The predicted molar refractivity (Wildman–Crippen MR) is 70.4 cm³/mol. The molecule has 3 N–H and O–H groups in total. The summed E-state index contributed by atoms with van der Waals surface area (Å²) in [5.41, 5.74) is 8.02. The summed E-state index contributed by atoms with van der Waals surface area (Å²) in [6.45, 7) is 2.98. The van der Waals surface area contributed by atoms with Crippen LogP contribution in [0.4, 0.5) is 5.69 Å². The van der Waals surface area contributed by atoms with Gasteiger partial charge in [0.25, 0.3) is 0 Å². The quantitative estimate of drug-likeness (QED) is 0.798. The van der Waals surface area contributed by atoms with Gasteiger partial charge in [0.05, 0.1) is 31.2 Å². The second-order valence-corrected chi connectivity index (χ2v) is 4.49. The number of aliphatic hydroxyl groups excluding tert-OH is 1. The number of nitrogens with two attached hydrogens (primary N) is 1. The minimum atomic E-state index is 0.0974. The lowest BCUT2D eigenvalue weighted by atomic mass is 10.1. The van der Waals surface area contributed by atoms with E-state index < -0.39 is 0 Å². The third-order valence-corrected chi connectivity index (χ3v) is 3.34. The number of pyridine rings is 1. The number of hydrogen-bond donors (Lipinski definition) is 2. The Labute approximate surface area is 108 Å². The molecule has 2 heterocycles. The molecular weight excluding hydrogens is 230 g/mol. The zero-order valence-corrected chi connectivity index (χ0v) is 10.6. The van der Waals surface area contributed by atoms with Crippen molar-refractivity contribution < 1.29 is 9.84 Å². The van der Waals surface area contributed by atoms with Crippen LogP contribution in [0.5, 0.6) is 0 Å². The highest BCUT2D eigenvalue weighted by Gasteiger charge is 2.21. The van der Waals surface area contributed by atoms with Crippen LogP contribution in [0.15, 0.2) is 18.5 Å². The molecule has 100 valence electrons. The predicted octanol–water partition coefficient (Wildman–Crippen LogP) is 0.518. The van der Waals surface area contributed by atoms with Crippen LogP contribution < -0.4 is 10.6 Å². The van der Waals surface area contributed by atoms with E-state index in [9.17, 15) is 0 Å². The molecular formula is C13H21N3O2. The average Bonchev–Trinajstić information content (AvgIpc) is 2.45. The van der Waals surface area contributed by atoms with Gasteiger partial charge in [-0.05, 0) is 24.5 Å². The van der Waals surface area contributed by atoms with Crippen molar-refractivity contribution in [2.24, 2.45) is 5.73 Å². The maximum Gasteiger partial charge on any atom is 0.0701 e. The van der Waals surface area contributed by atoms with E-state index in [1.165, 1.54) is 0 Å². The minimum absolute atomic E-state index is 0.0974. The third-order valence-electron chi connectivity index (χ3n) is 3.34. The number of aromatic nitrogens is 1. The smallest absolute Gasteiger partial charge is 0.0701 e. The molecule has 0 amide bonds. The first-order valence-electron chi connectivity index (χ1n) is 6.45. The van der Waals surface area contributed by atoms with Crippen molar-refractivity contribution in [2.75, 3.05) is 31.2 Å². The van der Waals surface area contributed by atoms with Crippen LogP contribution in [-0.2, 0) is 11.3 Å². The highest BCUT2D eigenvalue weighted by Crippen LogP contribution is 2.23. The van der Waals surface area contributed by atoms with E-state index >= 15 is 0 Å². The molecule has 5 heteroatoms. The summed E-state index contributed by atoms with van der Waals surface area (Å²) in [5, 5.41) is 8.74. The summed E-state index contributed by atoms with van der Waals surface area (Å²) >= 11 is 0. The molecule has 0 saturated carbocycles. The Morgan fingerprint density at radius 3 is 2.89 bits per heavy atom. The summed E-state index contributed by atoms with van der Waals surface area (Å²) in [7, 11) is 0. The van der Waals surface area contributed by atoms with E-state index in [4.69, 9.17) is 15.6 Å². The summed E-state index contributed by atoms with van der Waals surface area (Å²) in [5.74, 6) is 0. The summed E-state index contributed by atoms with van der Waals surface area (Å²) in [6, 6.07) is 1.98. The van der Waals surface area contributed by atoms with Crippen molar-refractivity contribution >= 4 is 5.69 Å². The largest absolute Gasteiger partial charge is 0.394 e. The molecule has 1 fully saturated rings. The normalized spacial score (nSPS) is 17.1. The van der Waals surface area contributed by atoms with Crippen LogP contribution >= 0.6 is 0 Å². The molecule has 0 spiro atoms. The fourth-order valence-corrected chi connectivity index (χ4v) is 2.36. The standard InChI is InChI=1S/C13H21N3O2/c14-9-11-1-4-15-10-13(11)16-5-2-12(3-6-16)18-8-7-17/h1,4,10,12,17H,2-3,5-9,14H2. The Kier molecular flexibility index (Phi) is 4.92. The Hall–Kier alpha value is -1.17. The van der Waals surface area contributed by atoms with Gasteiger partial charge in [0.2, 0.25) is 0 Å². The lowest BCUT2D eigenvalue weighted by molar-refractivity contribution is 0.0159. The first-order valence-corrected chi connectivity index (χ1v) is 6.45. The summed E-state index contributed by atoms with van der Waals surface area (Å²) in [6.07, 6.45) is 5.91. The number of piperidine rings is 1. The topological polar surface area (TPSA) is 71.6 Å². The van der Waals surface area contributed by atoms with Crippen LogP contribution in [0.2, 0.25) is 0 Å². The third kappa shape index (κ3) is 3.19. The van der Waals surface area contributed by atoms with Gasteiger partial charge in [0, 0.05) is 25.8 Å². The van der Waals surface area contributed by atoms with Crippen LogP contribution in [0.25, 0.3) is 0 Å². The van der Waals surface area contributed by atoms with Crippen molar-refractivity contribution in [3.63, 3.8) is 0 Å². The molecule has 0 unspecified atom stereocenters. The Balaban J connectivity index is 1.92. The van der Waals surface area contributed by atoms with E-state index in [0.717, 1.165) is 37.2 Å². The molecule has 18 heavy (non-hydrogen) atoms. The molecule has 5 nitrogen and oxygen atoms in total. The number of hydrogen-bond acceptors (Lipinski definition) is 5. The van der Waals surface area contributed by atoms with Gasteiger partial charge >= 0.3 is 0 Å². The summed E-state index contributed by atoms with van der Waals surface area (Å²) in [4.78, 5) is 6.49. The second-order valence-electron chi connectivity index (χ2n) is 4.49. The van der Waals surface area contributed by atoms with Gasteiger partial charge in [-0.15, -0.1) is 0 Å². The Morgan fingerprint density at radius 2 is 2.22 bits per heavy atom. The molecule has 2 rings (SSSR count). The number of anilines is 1. The van der Waals surface area contributed by atoms with Gasteiger partial charge in [0.1, 0.15) is 0 Å². The Bertz CT molecular complexity index is 365. The van der Waals surface area contributed by atoms with Gasteiger partial charge in [0.15, 0.2) is 0 Å². The van der Waals surface area contributed by atoms with Crippen molar-refractivity contribution in [1.82, 2.24) is 4.98 Å². The lowest BCUT2D eigenvalue weighted by Crippen LogP contribution is -2.38. The van der Waals surface area contributed by atoms with Crippen molar-refractivity contribution in [3.8, 4) is 0 Å². The van der Waals surface area contributed by atoms with E-state index in [2.05, 4.69) is 9.88 Å². The molecule has 1 saturated heterocycles. The molecule has 0 atom stereocenters. The summed E-state index contributed by atoms with van der Waals surface area (Å²) < 4.78 is 5.56. The maximum atomic E-state index is 8.74. The van der Waals surface area contributed by atoms with Crippen molar-refractivity contribution in [1.29, 1.82) is 0 Å². The van der Waals surface area contributed by atoms with Gasteiger partial charge in [-0.1, -0.05) is 0 Å². The Morgan fingerprint density at radius 1 is 1.44 bits per heavy atom. The van der Waals surface area contributed by atoms with Gasteiger partial charge in [-0.25, -0.2) is 0 Å². The van der Waals surface area contributed by atoms with Gasteiger partial charge < -0.3 is 20.5 Å². The SMILES string of the molecule is NCc1ccncc1N1CCC(OCCO)CC1. The number of aliphatic hydroxyl groups is 1. The van der Waals surface area contributed by atoms with Crippen molar-refractivity contribution in [3.05, 3.63) is 24.0 Å². The molecule has 1 aromatic rings. The van der Waals surface area contributed by atoms with Crippen molar-refractivity contribution in [2.45, 2.75) is 25.5 Å². The zero-order chi connectivity index (χ0) is 12.8. The number of rotatable bonds is 5. The van der Waals surface area contributed by atoms with E-state index in [-0.39, 0.29) is 12.7 Å². The molecule has 1 aliphatic heterocycles. The first kappa shape index (κ1) is 13.3. The zero-order valence-electron chi connectivity index (χ0n) is 10.6.